The molecule has 0 saturated heterocycles. The average Bonchev–Trinajstić information content (AvgIpc) is 2.88. The summed E-state index contributed by atoms with van der Waals surface area (Å²) in [6.45, 7) is 0.574. The molecular weight excluding hydrogens is 454 g/mol. The Balaban J connectivity index is 1.52. The molecule has 172 valence electrons. The van der Waals surface area contributed by atoms with E-state index in [2.05, 4.69) is 47.8 Å². The Morgan fingerprint density at radius 1 is 0.857 bits per heavy atom. The Kier molecular flexibility index (Phi) is 6.47. The van der Waals surface area contributed by atoms with Crippen LogP contribution in [0.5, 0.6) is 0 Å². The zero-order chi connectivity index (χ0) is 24.2. The zero-order valence-electron chi connectivity index (χ0n) is 19.0. The third-order valence-electron chi connectivity index (χ3n) is 6.02. The van der Waals surface area contributed by atoms with Crippen molar-refractivity contribution in [3.63, 3.8) is 0 Å². The van der Waals surface area contributed by atoms with Gasteiger partial charge in [0.25, 0.3) is 0 Å². The Bertz CT molecular complexity index is 1520. The summed E-state index contributed by atoms with van der Waals surface area (Å²) in [5, 5.41) is 5.13. The summed E-state index contributed by atoms with van der Waals surface area (Å²) in [4.78, 5) is 16.2. The van der Waals surface area contributed by atoms with Gasteiger partial charge in [-0.25, -0.2) is 0 Å². The van der Waals surface area contributed by atoms with E-state index in [0.717, 1.165) is 45.3 Å². The fourth-order valence-corrected chi connectivity index (χ4v) is 4.57. The van der Waals surface area contributed by atoms with Crippen LogP contribution in [0.15, 0.2) is 103 Å². The number of para-hydroxylation sites is 1. The van der Waals surface area contributed by atoms with Gasteiger partial charge in [0.05, 0.1) is 10.5 Å². The third kappa shape index (κ3) is 5.03. The van der Waals surface area contributed by atoms with E-state index in [1.54, 1.807) is 6.07 Å². The maximum atomic E-state index is 11.5. The molecule has 0 unspecified atom stereocenters. The summed E-state index contributed by atoms with van der Waals surface area (Å²) in [6, 6.07) is 32.0. The van der Waals surface area contributed by atoms with E-state index in [1.807, 2.05) is 54.7 Å². The molecular formula is C30H24ClN3O. The predicted molar refractivity (Wildman–Crippen MR) is 144 cm³/mol. The minimum absolute atomic E-state index is 0.428. The summed E-state index contributed by atoms with van der Waals surface area (Å²) in [5.41, 5.74) is 13.3. The Hall–Kier alpha value is -4.15. The van der Waals surface area contributed by atoms with Crippen LogP contribution in [0, 0.1) is 0 Å². The first-order valence-electron chi connectivity index (χ1n) is 11.4. The average molecular weight is 478 g/mol. The highest BCUT2D eigenvalue weighted by Crippen LogP contribution is 2.36. The number of rotatable bonds is 7. The maximum absolute atomic E-state index is 11.5. The molecule has 1 heterocycles. The fraction of sp³-hybridized carbons (Fsp3) is 0.0667. The minimum Gasteiger partial charge on any atom is -0.381 e. The van der Waals surface area contributed by atoms with Crippen LogP contribution in [-0.4, -0.2) is 10.9 Å². The number of anilines is 1. The number of carbonyl (C=O) groups excluding carboxylic acids is 1. The van der Waals surface area contributed by atoms with Crippen LogP contribution in [0.4, 0.5) is 5.69 Å². The van der Waals surface area contributed by atoms with Crippen LogP contribution in [-0.2, 0) is 13.0 Å². The van der Waals surface area contributed by atoms with E-state index < -0.39 is 5.91 Å². The second kappa shape index (κ2) is 10.00. The Morgan fingerprint density at radius 3 is 2.46 bits per heavy atom. The van der Waals surface area contributed by atoms with E-state index >= 15 is 0 Å². The summed E-state index contributed by atoms with van der Waals surface area (Å²) >= 11 is 6.51. The molecule has 5 aromatic rings. The van der Waals surface area contributed by atoms with Gasteiger partial charge in [-0.1, -0.05) is 78.3 Å². The summed E-state index contributed by atoms with van der Waals surface area (Å²) in [5.74, 6) is -0.428. The lowest BCUT2D eigenvalue weighted by Crippen LogP contribution is -2.11. The molecule has 0 radical (unpaired) electrons. The van der Waals surface area contributed by atoms with Crippen molar-refractivity contribution >= 4 is 34.1 Å². The lowest BCUT2D eigenvalue weighted by molar-refractivity contribution is 0.1000. The molecule has 5 heteroatoms. The second-order valence-corrected chi connectivity index (χ2v) is 8.86. The predicted octanol–water partition coefficient (Wildman–Crippen LogP) is 6.86. The Morgan fingerprint density at radius 2 is 1.63 bits per heavy atom. The first kappa shape index (κ1) is 22.6. The second-order valence-electron chi connectivity index (χ2n) is 8.46. The van der Waals surface area contributed by atoms with Gasteiger partial charge in [0, 0.05) is 29.4 Å². The number of hydrogen-bond acceptors (Lipinski definition) is 3. The van der Waals surface area contributed by atoms with Crippen molar-refractivity contribution in [3.8, 4) is 11.1 Å². The zero-order valence-corrected chi connectivity index (χ0v) is 19.8. The van der Waals surface area contributed by atoms with Gasteiger partial charge < -0.3 is 11.1 Å². The number of carbonyl (C=O) groups is 1. The summed E-state index contributed by atoms with van der Waals surface area (Å²) in [6.07, 6.45) is 2.70. The molecule has 0 atom stereocenters. The van der Waals surface area contributed by atoms with Crippen LogP contribution >= 0.6 is 11.6 Å². The molecule has 3 N–H and O–H groups in total. The van der Waals surface area contributed by atoms with Crippen molar-refractivity contribution < 1.29 is 4.79 Å². The van der Waals surface area contributed by atoms with Gasteiger partial charge in [-0.05, 0) is 64.6 Å². The first-order valence-corrected chi connectivity index (χ1v) is 11.8. The minimum atomic E-state index is -0.428. The normalized spacial score (nSPS) is 10.9. The van der Waals surface area contributed by atoms with Gasteiger partial charge in [0.15, 0.2) is 0 Å². The van der Waals surface area contributed by atoms with Crippen molar-refractivity contribution in [1.29, 1.82) is 0 Å². The van der Waals surface area contributed by atoms with Crippen molar-refractivity contribution in [3.05, 3.63) is 131 Å². The van der Waals surface area contributed by atoms with Gasteiger partial charge in [0.1, 0.15) is 0 Å². The molecule has 0 aliphatic carbocycles. The number of primary amides is 1. The number of nitrogens with two attached hydrogens (primary N) is 1. The van der Waals surface area contributed by atoms with Gasteiger partial charge in [-0.15, -0.1) is 0 Å². The fourth-order valence-electron chi connectivity index (χ4n) is 4.34. The van der Waals surface area contributed by atoms with E-state index in [-0.39, 0.29) is 0 Å². The van der Waals surface area contributed by atoms with Crippen molar-refractivity contribution in [2.45, 2.75) is 13.0 Å². The lowest BCUT2D eigenvalue weighted by atomic mass is 9.92. The molecule has 0 spiro atoms. The van der Waals surface area contributed by atoms with Gasteiger partial charge in [-0.2, -0.15) is 0 Å². The molecule has 0 bridgehead atoms. The summed E-state index contributed by atoms with van der Waals surface area (Å²) < 4.78 is 0. The largest absolute Gasteiger partial charge is 0.381 e. The van der Waals surface area contributed by atoms with E-state index in [4.69, 9.17) is 22.3 Å². The number of hydrogen-bond donors (Lipinski definition) is 2. The number of fused-ring (bicyclic) bond motifs is 1. The van der Waals surface area contributed by atoms with Crippen molar-refractivity contribution in [1.82, 2.24) is 4.98 Å². The number of pyridine rings is 1. The monoisotopic (exact) mass is 477 g/mol. The summed E-state index contributed by atoms with van der Waals surface area (Å²) in [7, 11) is 0. The van der Waals surface area contributed by atoms with Crippen LogP contribution in [0.1, 0.15) is 27.0 Å². The molecule has 1 amide bonds. The molecule has 4 nitrogen and oxygen atoms in total. The molecule has 35 heavy (non-hydrogen) atoms. The van der Waals surface area contributed by atoms with Gasteiger partial charge in [0.2, 0.25) is 5.91 Å². The number of halogens is 1. The van der Waals surface area contributed by atoms with Crippen LogP contribution in [0.25, 0.3) is 22.0 Å². The van der Waals surface area contributed by atoms with Gasteiger partial charge >= 0.3 is 0 Å². The molecule has 4 aromatic carbocycles. The quantitative estimate of drug-likeness (QED) is 0.269. The number of amides is 1. The number of aromatic nitrogens is 1. The highest BCUT2D eigenvalue weighted by molar-refractivity contribution is 6.35. The highest BCUT2D eigenvalue weighted by Gasteiger charge is 2.14. The lowest BCUT2D eigenvalue weighted by Gasteiger charge is -2.15. The first-order chi connectivity index (χ1) is 17.1. The number of nitrogens with zero attached hydrogens (tertiary/aromatic N) is 1. The SMILES string of the molecule is NC(=O)c1cccc(CNc2cccc(-c3c(Cc4ccccc4)cnc4c(Cl)cccc34)c2)c1. The molecule has 0 saturated carbocycles. The number of nitrogens with one attached hydrogen (secondary N) is 1. The van der Waals surface area contributed by atoms with E-state index in [9.17, 15) is 4.79 Å². The topological polar surface area (TPSA) is 68.0 Å². The van der Waals surface area contributed by atoms with E-state index in [1.165, 1.54) is 5.56 Å². The highest BCUT2D eigenvalue weighted by atomic mass is 35.5. The standard InChI is InChI=1S/C30H24ClN3O/c31-27-14-6-13-26-28(24(19-34-29(26)27)15-20-7-2-1-3-8-20)22-10-5-12-25(17-22)33-18-21-9-4-11-23(16-21)30(32)35/h1-14,16-17,19,33H,15,18H2,(H2,32,35). The smallest absolute Gasteiger partial charge is 0.248 e. The number of benzene rings is 4. The molecule has 5 rings (SSSR count). The van der Waals surface area contributed by atoms with Gasteiger partial charge in [-0.3, -0.25) is 9.78 Å². The molecule has 1 aromatic heterocycles. The van der Waals surface area contributed by atoms with Crippen LogP contribution in [0.2, 0.25) is 5.02 Å². The van der Waals surface area contributed by atoms with Crippen molar-refractivity contribution in [2.24, 2.45) is 5.73 Å². The molecule has 0 fully saturated rings. The Labute approximate surface area is 209 Å². The van der Waals surface area contributed by atoms with Crippen LogP contribution in [0.3, 0.4) is 0 Å². The van der Waals surface area contributed by atoms with Crippen LogP contribution < -0.4 is 11.1 Å². The third-order valence-corrected chi connectivity index (χ3v) is 6.33. The molecule has 0 aliphatic heterocycles. The van der Waals surface area contributed by atoms with Crippen molar-refractivity contribution in [2.75, 3.05) is 5.32 Å². The maximum Gasteiger partial charge on any atom is 0.248 e. The van der Waals surface area contributed by atoms with E-state index in [0.29, 0.717) is 17.1 Å². The molecule has 0 aliphatic rings.